The number of rotatable bonds is 3. The molecule has 1 aromatic carbocycles. The van der Waals surface area contributed by atoms with Gasteiger partial charge in [0.05, 0.1) is 4.88 Å². The molecule has 94 valence electrons. The molecule has 0 bridgehead atoms. The minimum absolute atomic E-state index is 0.273. The van der Waals surface area contributed by atoms with Crippen LogP contribution >= 0.6 is 11.3 Å². The summed E-state index contributed by atoms with van der Waals surface area (Å²) < 4.78 is 13.1. The molecular weight excluding hydrogens is 253 g/mol. The van der Waals surface area contributed by atoms with Crippen LogP contribution < -0.4 is 5.32 Å². The highest BCUT2D eigenvalue weighted by molar-refractivity contribution is 7.14. The largest absolute Gasteiger partial charge is 0.505 e. The van der Waals surface area contributed by atoms with E-state index in [1.807, 2.05) is 13.0 Å². The number of amides is 1. The van der Waals surface area contributed by atoms with Crippen molar-refractivity contribution in [1.82, 2.24) is 0 Å². The molecule has 0 spiro atoms. The molecule has 0 atom stereocenters. The summed E-state index contributed by atoms with van der Waals surface area (Å²) in [6, 6.07) is 7.38. The third kappa shape index (κ3) is 2.68. The molecule has 18 heavy (non-hydrogen) atoms. The standard InChI is InChI=1S/C13H12FNO2S/c1-2-9-4-6-12(18-9)13(17)15-8-3-5-11(16)10(14)7-8/h3-7,16H,2H2,1H3,(H,15,17). The summed E-state index contributed by atoms with van der Waals surface area (Å²) in [4.78, 5) is 13.6. The van der Waals surface area contributed by atoms with Gasteiger partial charge in [-0.2, -0.15) is 0 Å². The van der Waals surface area contributed by atoms with Crippen LogP contribution in [0.3, 0.4) is 0 Å². The Morgan fingerprint density at radius 1 is 1.39 bits per heavy atom. The number of phenols is 1. The van der Waals surface area contributed by atoms with Gasteiger partial charge in [-0.05, 0) is 30.7 Å². The fourth-order valence-corrected chi connectivity index (χ4v) is 2.31. The summed E-state index contributed by atoms with van der Waals surface area (Å²) in [6.45, 7) is 2.02. The van der Waals surface area contributed by atoms with Gasteiger partial charge < -0.3 is 10.4 Å². The number of aromatic hydroxyl groups is 1. The fourth-order valence-electron chi connectivity index (χ4n) is 1.47. The molecule has 0 aliphatic heterocycles. The quantitative estimate of drug-likeness (QED) is 0.835. The Morgan fingerprint density at radius 2 is 2.17 bits per heavy atom. The van der Waals surface area contributed by atoms with Crippen LogP contribution in [0, 0.1) is 5.82 Å². The van der Waals surface area contributed by atoms with Gasteiger partial charge >= 0.3 is 0 Å². The highest BCUT2D eigenvalue weighted by Gasteiger charge is 2.10. The van der Waals surface area contributed by atoms with E-state index in [-0.39, 0.29) is 5.91 Å². The first-order valence-corrected chi connectivity index (χ1v) is 6.30. The molecule has 1 amide bonds. The first-order chi connectivity index (χ1) is 8.60. The van der Waals surface area contributed by atoms with Crippen molar-refractivity contribution < 1.29 is 14.3 Å². The molecule has 5 heteroatoms. The number of hydrogen-bond donors (Lipinski definition) is 2. The number of thiophene rings is 1. The SMILES string of the molecule is CCc1ccc(C(=O)Nc2ccc(O)c(F)c2)s1. The summed E-state index contributed by atoms with van der Waals surface area (Å²) in [6.07, 6.45) is 0.881. The number of carbonyl (C=O) groups excluding carboxylic acids is 1. The van der Waals surface area contributed by atoms with E-state index in [4.69, 9.17) is 5.11 Å². The second kappa shape index (κ2) is 5.18. The normalized spacial score (nSPS) is 10.3. The average molecular weight is 265 g/mol. The lowest BCUT2D eigenvalue weighted by Gasteiger charge is -2.04. The van der Waals surface area contributed by atoms with Gasteiger partial charge in [0.2, 0.25) is 0 Å². The Hall–Kier alpha value is -1.88. The maximum absolute atomic E-state index is 13.1. The number of halogens is 1. The van der Waals surface area contributed by atoms with Crippen LogP contribution in [0.5, 0.6) is 5.75 Å². The number of aryl methyl sites for hydroxylation is 1. The zero-order valence-electron chi connectivity index (χ0n) is 9.74. The number of hydrogen-bond acceptors (Lipinski definition) is 3. The van der Waals surface area contributed by atoms with Crippen LogP contribution in [-0.2, 0) is 6.42 Å². The molecule has 0 saturated heterocycles. The van der Waals surface area contributed by atoms with Gasteiger partial charge in [0.25, 0.3) is 5.91 Å². The van der Waals surface area contributed by atoms with Crippen LogP contribution in [0.25, 0.3) is 0 Å². The van der Waals surface area contributed by atoms with Crippen molar-refractivity contribution in [3.63, 3.8) is 0 Å². The second-order valence-corrected chi connectivity index (χ2v) is 4.91. The molecule has 2 rings (SSSR count). The van der Waals surface area contributed by atoms with Crippen LogP contribution in [0.15, 0.2) is 30.3 Å². The van der Waals surface area contributed by atoms with Crippen LogP contribution in [-0.4, -0.2) is 11.0 Å². The van der Waals surface area contributed by atoms with E-state index in [1.54, 1.807) is 6.07 Å². The highest BCUT2D eigenvalue weighted by Crippen LogP contribution is 2.22. The van der Waals surface area contributed by atoms with Crippen molar-refractivity contribution >= 4 is 22.9 Å². The Bertz CT molecular complexity index is 580. The maximum atomic E-state index is 13.1. The summed E-state index contributed by atoms with van der Waals surface area (Å²) in [5, 5.41) is 11.6. The Morgan fingerprint density at radius 3 is 2.78 bits per heavy atom. The predicted molar refractivity (Wildman–Crippen MR) is 69.7 cm³/mol. The number of anilines is 1. The van der Waals surface area contributed by atoms with Crippen LogP contribution in [0.4, 0.5) is 10.1 Å². The monoisotopic (exact) mass is 265 g/mol. The molecule has 0 unspecified atom stereocenters. The zero-order valence-corrected chi connectivity index (χ0v) is 10.6. The average Bonchev–Trinajstić information content (AvgIpc) is 2.82. The van der Waals surface area contributed by atoms with Gasteiger partial charge in [0.1, 0.15) is 0 Å². The lowest BCUT2D eigenvalue weighted by Crippen LogP contribution is -2.10. The Kier molecular flexibility index (Phi) is 3.62. The molecule has 0 aliphatic carbocycles. The number of phenolic OH excluding ortho intramolecular Hbond substituents is 1. The highest BCUT2D eigenvalue weighted by atomic mass is 32.1. The lowest BCUT2D eigenvalue weighted by atomic mass is 10.3. The lowest BCUT2D eigenvalue weighted by molar-refractivity contribution is 0.103. The third-order valence-corrected chi connectivity index (χ3v) is 3.67. The smallest absolute Gasteiger partial charge is 0.265 e. The Balaban J connectivity index is 2.13. The van der Waals surface area contributed by atoms with Crippen molar-refractivity contribution in [2.24, 2.45) is 0 Å². The fraction of sp³-hybridized carbons (Fsp3) is 0.154. The van der Waals surface area contributed by atoms with Gasteiger partial charge in [-0.3, -0.25) is 4.79 Å². The first kappa shape index (κ1) is 12.6. The minimum atomic E-state index is -0.756. The molecule has 0 fully saturated rings. The van der Waals surface area contributed by atoms with E-state index in [9.17, 15) is 9.18 Å². The minimum Gasteiger partial charge on any atom is -0.505 e. The van der Waals surface area contributed by atoms with E-state index in [1.165, 1.54) is 23.5 Å². The summed E-state index contributed by atoms with van der Waals surface area (Å²) in [7, 11) is 0. The third-order valence-electron chi connectivity index (χ3n) is 2.44. The predicted octanol–water partition coefficient (Wildman–Crippen LogP) is 3.41. The van der Waals surface area contributed by atoms with E-state index in [0.29, 0.717) is 10.6 Å². The van der Waals surface area contributed by atoms with E-state index >= 15 is 0 Å². The van der Waals surface area contributed by atoms with Gasteiger partial charge in [-0.1, -0.05) is 6.92 Å². The molecular formula is C13H12FNO2S. The number of nitrogens with one attached hydrogen (secondary N) is 1. The molecule has 2 aromatic rings. The topological polar surface area (TPSA) is 49.3 Å². The van der Waals surface area contributed by atoms with Gasteiger partial charge in [0.15, 0.2) is 11.6 Å². The molecule has 3 nitrogen and oxygen atoms in total. The molecule has 1 aromatic heterocycles. The van der Waals surface area contributed by atoms with Gasteiger partial charge in [-0.25, -0.2) is 4.39 Å². The summed E-state index contributed by atoms with van der Waals surface area (Å²) >= 11 is 1.41. The van der Waals surface area contributed by atoms with Crippen LogP contribution in [0.2, 0.25) is 0 Å². The number of carbonyl (C=O) groups is 1. The van der Waals surface area contributed by atoms with Crippen LogP contribution in [0.1, 0.15) is 21.5 Å². The maximum Gasteiger partial charge on any atom is 0.265 e. The van der Waals surface area contributed by atoms with Gasteiger partial charge in [0, 0.05) is 16.6 Å². The van der Waals surface area contributed by atoms with Crippen molar-refractivity contribution in [2.75, 3.05) is 5.32 Å². The van der Waals surface area contributed by atoms with E-state index < -0.39 is 11.6 Å². The zero-order chi connectivity index (χ0) is 13.1. The van der Waals surface area contributed by atoms with E-state index in [2.05, 4.69) is 5.32 Å². The van der Waals surface area contributed by atoms with Crippen molar-refractivity contribution in [3.8, 4) is 5.75 Å². The molecule has 0 saturated carbocycles. The second-order valence-electron chi connectivity index (χ2n) is 3.74. The summed E-state index contributed by atoms with van der Waals surface area (Å²) in [5.74, 6) is -1.46. The Labute approximate surface area is 108 Å². The number of benzene rings is 1. The molecule has 2 N–H and O–H groups in total. The van der Waals surface area contributed by atoms with E-state index in [0.717, 1.165) is 17.4 Å². The molecule has 0 radical (unpaired) electrons. The molecule has 1 heterocycles. The van der Waals surface area contributed by atoms with Crippen molar-refractivity contribution in [2.45, 2.75) is 13.3 Å². The molecule has 0 aliphatic rings. The first-order valence-electron chi connectivity index (χ1n) is 5.48. The van der Waals surface area contributed by atoms with Crippen molar-refractivity contribution in [3.05, 3.63) is 45.9 Å². The van der Waals surface area contributed by atoms with Gasteiger partial charge in [-0.15, -0.1) is 11.3 Å². The van der Waals surface area contributed by atoms with Crippen molar-refractivity contribution in [1.29, 1.82) is 0 Å². The summed E-state index contributed by atoms with van der Waals surface area (Å²) in [5.41, 5.74) is 0.321.